The van der Waals surface area contributed by atoms with E-state index in [9.17, 15) is 0 Å². The lowest BCUT2D eigenvalue weighted by Gasteiger charge is -2.36. The van der Waals surface area contributed by atoms with Gasteiger partial charge in [-0.1, -0.05) is 23.8 Å². The predicted molar refractivity (Wildman–Crippen MR) is 66.3 cm³/mol. The smallest absolute Gasteiger partial charge is 0.0580 e. The average molecular weight is 224 g/mol. The van der Waals surface area contributed by atoms with Crippen LogP contribution in [-0.2, 0) is 0 Å². The third kappa shape index (κ3) is 0.831. The van der Waals surface area contributed by atoms with Crippen molar-refractivity contribution < 1.29 is 0 Å². The van der Waals surface area contributed by atoms with E-state index in [0.29, 0.717) is 0 Å². The molecule has 5 rings (SSSR count). The molecule has 5 unspecified atom stereocenters. The second kappa shape index (κ2) is 2.38. The van der Waals surface area contributed by atoms with Gasteiger partial charge in [-0.2, -0.15) is 0 Å². The van der Waals surface area contributed by atoms with Gasteiger partial charge in [-0.15, -0.1) is 0 Å². The zero-order valence-electron chi connectivity index (χ0n) is 10.1. The first-order chi connectivity index (χ1) is 8.24. The predicted octanol–water partition coefficient (Wildman–Crippen LogP) is 2.26. The first-order valence-corrected chi connectivity index (χ1v) is 6.61. The van der Waals surface area contributed by atoms with E-state index in [2.05, 4.69) is 42.7 Å². The van der Waals surface area contributed by atoms with E-state index < -0.39 is 0 Å². The van der Waals surface area contributed by atoms with Crippen molar-refractivity contribution in [1.29, 1.82) is 0 Å². The molecule has 0 aromatic carbocycles. The van der Waals surface area contributed by atoms with Gasteiger partial charge in [-0.05, 0) is 43.4 Å². The summed E-state index contributed by atoms with van der Waals surface area (Å²) in [6, 6.07) is 0. The maximum Gasteiger partial charge on any atom is 0.0580 e. The van der Waals surface area contributed by atoms with Crippen LogP contribution in [0.1, 0.15) is 13.8 Å². The van der Waals surface area contributed by atoms with Crippen LogP contribution in [0.3, 0.4) is 0 Å². The van der Waals surface area contributed by atoms with Crippen molar-refractivity contribution in [2.45, 2.75) is 13.8 Å². The van der Waals surface area contributed by atoms with E-state index in [0.717, 1.165) is 29.6 Å². The minimum Gasteiger partial charge on any atom is -0.356 e. The minimum atomic E-state index is 0.766. The van der Waals surface area contributed by atoms with Crippen molar-refractivity contribution >= 4 is 0 Å². The Hall–Kier alpha value is -1.44. The fourth-order valence-corrected chi connectivity index (χ4v) is 4.34. The van der Waals surface area contributed by atoms with Gasteiger partial charge in [0.1, 0.15) is 0 Å². The Morgan fingerprint density at radius 1 is 0.765 bits per heavy atom. The summed E-state index contributed by atoms with van der Waals surface area (Å²) in [4.78, 5) is 0. The quantitative estimate of drug-likeness (QED) is 0.617. The molecule has 2 heteroatoms. The molecule has 2 saturated carbocycles. The molecule has 2 N–H and O–H groups in total. The maximum atomic E-state index is 3.54. The van der Waals surface area contributed by atoms with Gasteiger partial charge in [0.05, 0.1) is 11.4 Å². The van der Waals surface area contributed by atoms with Crippen LogP contribution in [-0.4, -0.2) is 0 Å². The lowest BCUT2D eigenvalue weighted by atomic mass is 9.74. The lowest BCUT2D eigenvalue weighted by molar-refractivity contribution is 0.396. The Morgan fingerprint density at radius 2 is 1.29 bits per heavy atom. The molecule has 0 radical (unpaired) electrons. The second-order valence-corrected chi connectivity index (χ2v) is 6.11. The van der Waals surface area contributed by atoms with Crippen LogP contribution in [0.2, 0.25) is 0 Å². The van der Waals surface area contributed by atoms with Gasteiger partial charge >= 0.3 is 0 Å². The van der Waals surface area contributed by atoms with Crippen molar-refractivity contribution in [2.24, 2.45) is 29.6 Å². The number of allylic oxidation sites excluding steroid dienone is 6. The third-order valence-electron chi connectivity index (χ3n) is 5.37. The summed E-state index contributed by atoms with van der Waals surface area (Å²) in [7, 11) is 0. The monoisotopic (exact) mass is 224 g/mol. The van der Waals surface area contributed by atoms with Crippen molar-refractivity contribution in [3.63, 3.8) is 0 Å². The molecule has 0 amide bonds. The van der Waals surface area contributed by atoms with Gasteiger partial charge in [0, 0.05) is 11.4 Å². The highest BCUT2D eigenvalue weighted by molar-refractivity contribution is 5.54. The molecule has 0 aromatic heterocycles. The van der Waals surface area contributed by atoms with Crippen LogP contribution in [0.4, 0.5) is 0 Å². The molecule has 0 spiro atoms. The van der Waals surface area contributed by atoms with Crippen LogP contribution >= 0.6 is 0 Å². The molecule has 86 valence electrons. The number of rotatable bonds is 0. The highest BCUT2D eigenvalue weighted by atomic mass is 15.1. The summed E-state index contributed by atoms with van der Waals surface area (Å²) < 4.78 is 0. The Labute approximate surface area is 101 Å². The molecule has 0 aromatic rings. The van der Waals surface area contributed by atoms with Crippen molar-refractivity contribution in [3.05, 3.63) is 46.6 Å². The molecule has 5 aliphatic rings. The highest BCUT2D eigenvalue weighted by Gasteiger charge is 2.67. The number of nitrogens with one attached hydrogen (secondary N) is 2. The lowest BCUT2D eigenvalue weighted by Crippen LogP contribution is -2.35. The third-order valence-corrected chi connectivity index (χ3v) is 5.37. The molecule has 0 saturated heterocycles. The first kappa shape index (κ1) is 8.62. The maximum absolute atomic E-state index is 3.54. The highest BCUT2D eigenvalue weighted by Crippen LogP contribution is 2.74. The Morgan fingerprint density at radius 3 is 1.94 bits per heavy atom. The van der Waals surface area contributed by atoms with Gasteiger partial charge in [0.15, 0.2) is 0 Å². The van der Waals surface area contributed by atoms with Crippen LogP contribution in [0.5, 0.6) is 0 Å². The van der Waals surface area contributed by atoms with Crippen molar-refractivity contribution in [1.82, 2.24) is 10.6 Å². The van der Waals surface area contributed by atoms with Crippen LogP contribution in [0.15, 0.2) is 46.6 Å². The zero-order valence-corrected chi connectivity index (χ0v) is 10.1. The molecular weight excluding hydrogens is 208 g/mol. The molecular formula is C15H16N2. The first-order valence-electron chi connectivity index (χ1n) is 6.61. The summed E-state index contributed by atoms with van der Waals surface area (Å²) in [6.45, 7) is 4.28. The Bertz CT molecular complexity index is 538. The molecule has 4 aliphatic carbocycles. The standard InChI is InChI=1S/C15H16N2/c1-6-7(2)17-13-5-10-8(4-12(13)16-6)9-3-11-14(9)15(10)11/h3-5,8-10,14-17H,1-2H3. The number of fused-ring (bicyclic) bond motifs is 5. The van der Waals surface area contributed by atoms with Gasteiger partial charge in [-0.25, -0.2) is 0 Å². The molecule has 0 bridgehead atoms. The molecule has 5 atom stereocenters. The van der Waals surface area contributed by atoms with Crippen molar-refractivity contribution in [2.75, 3.05) is 0 Å². The fraction of sp³-hybridized carbons (Fsp3) is 0.467. The number of hydrogen-bond acceptors (Lipinski definition) is 2. The SMILES string of the molecule is CC1=C(C)NC2=CC3C(C=C2N1)C1C=C2C3C21. The van der Waals surface area contributed by atoms with Gasteiger partial charge < -0.3 is 10.6 Å². The van der Waals surface area contributed by atoms with E-state index in [-0.39, 0.29) is 0 Å². The summed E-state index contributed by atoms with van der Waals surface area (Å²) in [5.74, 6) is 4.28. The second-order valence-electron chi connectivity index (χ2n) is 6.11. The average Bonchev–Trinajstić information content (AvgIpc) is 2.76. The van der Waals surface area contributed by atoms with Crippen molar-refractivity contribution in [3.8, 4) is 0 Å². The van der Waals surface area contributed by atoms with Gasteiger partial charge in [-0.3, -0.25) is 0 Å². The molecule has 2 nitrogen and oxygen atoms in total. The van der Waals surface area contributed by atoms with Crippen LogP contribution in [0, 0.1) is 29.6 Å². The fourth-order valence-electron chi connectivity index (χ4n) is 4.34. The topological polar surface area (TPSA) is 24.1 Å². The van der Waals surface area contributed by atoms with E-state index in [1.165, 1.54) is 22.8 Å². The number of hydrogen-bond donors (Lipinski definition) is 2. The molecule has 1 heterocycles. The van der Waals surface area contributed by atoms with Gasteiger partial charge in [0.25, 0.3) is 0 Å². The van der Waals surface area contributed by atoms with E-state index in [1.807, 2.05) is 0 Å². The van der Waals surface area contributed by atoms with E-state index >= 15 is 0 Å². The molecule has 1 aliphatic heterocycles. The summed E-state index contributed by atoms with van der Waals surface area (Å²) in [5.41, 5.74) is 6.87. The Balaban J connectivity index is 1.60. The molecule has 17 heavy (non-hydrogen) atoms. The summed E-state index contributed by atoms with van der Waals surface area (Å²) in [6.07, 6.45) is 7.49. The van der Waals surface area contributed by atoms with E-state index in [1.54, 1.807) is 5.57 Å². The normalized spacial score (nSPS) is 47.4. The van der Waals surface area contributed by atoms with Crippen LogP contribution < -0.4 is 10.6 Å². The van der Waals surface area contributed by atoms with E-state index in [4.69, 9.17) is 0 Å². The minimum absolute atomic E-state index is 0.766. The Kier molecular flexibility index (Phi) is 1.21. The summed E-state index contributed by atoms with van der Waals surface area (Å²) in [5, 5.41) is 7.08. The van der Waals surface area contributed by atoms with Crippen LogP contribution in [0.25, 0.3) is 0 Å². The van der Waals surface area contributed by atoms with Gasteiger partial charge in [0.2, 0.25) is 0 Å². The zero-order chi connectivity index (χ0) is 11.3. The summed E-state index contributed by atoms with van der Waals surface area (Å²) >= 11 is 0. The molecule has 2 fully saturated rings. The largest absolute Gasteiger partial charge is 0.356 e.